The number of hydrogen-bond acceptors (Lipinski definition) is 5. The molecule has 0 amide bonds. The minimum absolute atomic E-state index is 0.0138. The van der Waals surface area contributed by atoms with Gasteiger partial charge in [-0.05, 0) is 6.42 Å². The van der Waals surface area contributed by atoms with Crippen LogP contribution in [0, 0.1) is 0 Å². The second-order valence-corrected chi connectivity index (χ2v) is 3.98. The van der Waals surface area contributed by atoms with E-state index in [1.807, 2.05) is 0 Å². The number of halogens is 1. The number of anilines is 1. The highest BCUT2D eigenvalue weighted by Gasteiger charge is 2.16. The number of aromatic nitrogens is 4. The van der Waals surface area contributed by atoms with Crippen molar-refractivity contribution in [2.24, 2.45) is 0 Å². The molecule has 18 heavy (non-hydrogen) atoms. The summed E-state index contributed by atoms with van der Waals surface area (Å²) in [6, 6.07) is 0.0138. The van der Waals surface area contributed by atoms with Crippen LogP contribution in [-0.4, -0.2) is 27.0 Å². The summed E-state index contributed by atoms with van der Waals surface area (Å²) >= 11 is 5.94. The Balaban J connectivity index is 2.25. The molecule has 96 valence electrons. The average molecular weight is 268 g/mol. The van der Waals surface area contributed by atoms with E-state index in [1.165, 1.54) is 13.4 Å². The van der Waals surface area contributed by atoms with Crippen LogP contribution < -0.4 is 10.1 Å². The maximum Gasteiger partial charge on any atom is 0.198 e. The van der Waals surface area contributed by atoms with E-state index in [9.17, 15) is 0 Å². The third-order valence-corrected chi connectivity index (χ3v) is 2.80. The van der Waals surface area contributed by atoms with Gasteiger partial charge >= 0.3 is 0 Å². The molecule has 0 aliphatic heterocycles. The van der Waals surface area contributed by atoms with Crippen molar-refractivity contribution in [3.63, 3.8) is 0 Å². The Labute approximate surface area is 110 Å². The van der Waals surface area contributed by atoms with E-state index in [1.54, 1.807) is 12.4 Å². The van der Waals surface area contributed by atoms with E-state index in [-0.39, 0.29) is 11.2 Å². The molecule has 0 fully saturated rings. The van der Waals surface area contributed by atoms with Gasteiger partial charge < -0.3 is 15.0 Å². The van der Waals surface area contributed by atoms with Crippen molar-refractivity contribution in [2.75, 3.05) is 12.4 Å². The van der Waals surface area contributed by atoms with Crippen LogP contribution in [0.5, 0.6) is 5.75 Å². The van der Waals surface area contributed by atoms with E-state index in [2.05, 4.69) is 32.2 Å². The van der Waals surface area contributed by atoms with Crippen molar-refractivity contribution in [1.29, 1.82) is 0 Å². The van der Waals surface area contributed by atoms with Gasteiger partial charge in [-0.3, -0.25) is 0 Å². The Hall–Kier alpha value is -1.82. The number of methoxy groups -OCH3 is 1. The lowest BCUT2D eigenvalue weighted by molar-refractivity contribution is 0.412. The SMILES string of the molecule is CCC(Nc1ncnc(Cl)c1OC)c1ncc[nH]1. The third-order valence-electron chi connectivity index (χ3n) is 2.53. The van der Waals surface area contributed by atoms with Crippen molar-refractivity contribution < 1.29 is 4.74 Å². The Morgan fingerprint density at radius 1 is 1.44 bits per heavy atom. The summed E-state index contributed by atoms with van der Waals surface area (Å²) in [6.45, 7) is 2.05. The van der Waals surface area contributed by atoms with Gasteiger partial charge in [0.05, 0.1) is 13.2 Å². The van der Waals surface area contributed by atoms with Crippen LogP contribution in [0.1, 0.15) is 25.2 Å². The van der Waals surface area contributed by atoms with E-state index < -0.39 is 0 Å². The van der Waals surface area contributed by atoms with Gasteiger partial charge in [0.15, 0.2) is 16.7 Å². The highest BCUT2D eigenvalue weighted by molar-refractivity contribution is 6.31. The fraction of sp³-hybridized carbons (Fsp3) is 0.364. The van der Waals surface area contributed by atoms with Crippen LogP contribution in [-0.2, 0) is 0 Å². The second-order valence-electron chi connectivity index (χ2n) is 3.63. The molecule has 0 aromatic carbocycles. The molecule has 1 atom stereocenters. The van der Waals surface area contributed by atoms with Gasteiger partial charge in [0.2, 0.25) is 0 Å². The molecular weight excluding hydrogens is 254 g/mol. The first-order chi connectivity index (χ1) is 8.76. The summed E-state index contributed by atoms with van der Waals surface area (Å²) in [7, 11) is 1.53. The standard InChI is InChI=1S/C11H14ClN5O/c1-3-7(10-13-4-5-14-10)17-11-8(18-2)9(12)15-6-16-11/h4-7H,3H2,1-2H3,(H,13,14)(H,15,16,17). The van der Waals surface area contributed by atoms with Gasteiger partial charge in [0.1, 0.15) is 12.2 Å². The van der Waals surface area contributed by atoms with Gasteiger partial charge in [-0.15, -0.1) is 0 Å². The van der Waals surface area contributed by atoms with Crippen molar-refractivity contribution in [3.8, 4) is 5.75 Å². The molecule has 0 saturated heterocycles. The molecule has 6 nitrogen and oxygen atoms in total. The maximum absolute atomic E-state index is 5.94. The summed E-state index contributed by atoms with van der Waals surface area (Å²) < 4.78 is 5.19. The number of nitrogens with zero attached hydrogens (tertiary/aromatic N) is 3. The van der Waals surface area contributed by atoms with Crippen molar-refractivity contribution in [1.82, 2.24) is 19.9 Å². The molecule has 0 spiro atoms. The van der Waals surface area contributed by atoms with Gasteiger partial charge in [0, 0.05) is 12.4 Å². The molecule has 1 unspecified atom stereocenters. The average Bonchev–Trinajstić information content (AvgIpc) is 2.89. The Bertz CT molecular complexity index is 502. The molecule has 0 saturated carbocycles. The smallest absolute Gasteiger partial charge is 0.198 e. The fourth-order valence-electron chi connectivity index (χ4n) is 1.63. The van der Waals surface area contributed by atoms with Gasteiger partial charge in [-0.1, -0.05) is 18.5 Å². The summed E-state index contributed by atoms with van der Waals surface area (Å²) in [5.41, 5.74) is 0. The van der Waals surface area contributed by atoms with E-state index in [4.69, 9.17) is 16.3 Å². The first-order valence-corrected chi connectivity index (χ1v) is 5.94. The molecule has 0 aliphatic rings. The molecule has 2 heterocycles. The van der Waals surface area contributed by atoms with E-state index >= 15 is 0 Å². The van der Waals surface area contributed by atoms with Crippen molar-refractivity contribution in [3.05, 3.63) is 29.7 Å². The number of aromatic amines is 1. The minimum Gasteiger partial charge on any atom is -0.490 e. The highest BCUT2D eigenvalue weighted by Crippen LogP contribution is 2.31. The van der Waals surface area contributed by atoms with Crippen LogP contribution in [0.15, 0.2) is 18.7 Å². The summed E-state index contributed by atoms with van der Waals surface area (Å²) in [5.74, 6) is 1.83. The predicted octanol–water partition coefficient (Wildman–Crippen LogP) is 2.42. The summed E-state index contributed by atoms with van der Waals surface area (Å²) in [5, 5.41) is 3.52. The quantitative estimate of drug-likeness (QED) is 0.814. The second kappa shape index (κ2) is 5.68. The number of hydrogen-bond donors (Lipinski definition) is 2. The van der Waals surface area contributed by atoms with Crippen molar-refractivity contribution >= 4 is 17.4 Å². The monoisotopic (exact) mass is 267 g/mol. The Morgan fingerprint density at radius 2 is 2.28 bits per heavy atom. The number of imidazole rings is 1. The fourth-order valence-corrected chi connectivity index (χ4v) is 1.84. The summed E-state index contributed by atoms with van der Waals surface area (Å²) in [4.78, 5) is 15.3. The molecule has 2 rings (SSSR count). The number of ether oxygens (including phenoxy) is 1. The van der Waals surface area contributed by atoms with Crippen LogP contribution in [0.25, 0.3) is 0 Å². The lowest BCUT2D eigenvalue weighted by Gasteiger charge is -2.17. The van der Waals surface area contributed by atoms with Gasteiger partial charge in [-0.25, -0.2) is 15.0 Å². The van der Waals surface area contributed by atoms with Gasteiger partial charge in [0.25, 0.3) is 0 Å². The first kappa shape index (κ1) is 12.6. The molecule has 7 heteroatoms. The number of H-pyrrole nitrogens is 1. The van der Waals surface area contributed by atoms with Crippen LogP contribution in [0.3, 0.4) is 0 Å². The molecule has 0 bridgehead atoms. The zero-order chi connectivity index (χ0) is 13.0. The maximum atomic E-state index is 5.94. The normalized spacial score (nSPS) is 12.2. The molecule has 2 N–H and O–H groups in total. The van der Waals surface area contributed by atoms with E-state index in [0.717, 1.165) is 12.2 Å². The zero-order valence-corrected chi connectivity index (χ0v) is 10.9. The zero-order valence-electron chi connectivity index (χ0n) is 10.1. The molecule has 0 aliphatic carbocycles. The Morgan fingerprint density at radius 3 is 2.89 bits per heavy atom. The minimum atomic E-state index is 0.0138. The van der Waals surface area contributed by atoms with Crippen LogP contribution in [0.2, 0.25) is 5.15 Å². The molecule has 2 aromatic heterocycles. The largest absolute Gasteiger partial charge is 0.490 e. The number of nitrogens with one attached hydrogen (secondary N) is 2. The van der Waals surface area contributed by atoms with Gasteiger partial charge in [-0.2, -0.15) is 0 Å². The molecular formula is C11H14ClN5O. The predicted molar refractivity (Wildman–Crippen MR) is 68.8 cm³/mol. The first-order valence-electron chi connectivity index (χ1n) is 5.56. The van der Waals surface area contributed by atoms with Crippen molar-refractivity contribution in [2.45, 2.75) is 19.4 Å². The van der Waals surface area contributed by atoms with Crippen LogP contribution >= 0.6 is 11.6 Å². The molecule has 2 aromatic rings. The highest BCUT2D eigenvalue weighted by atomic mass is 35.5. The third kappa shape index (κ3) is 2.53. The summed E-state index contributed by atoms with van der Waals surface area (Å²) in [6.07, 6.45) is 5.73. The number of rotatable bonds is 5. The lowest BCUT2D eigenvalue weighted by Crippen LogP contribution is -2.13. The lowest BCUT2D eigenvalue weighted by atomic mass is 10.2. The van der Waals surface area contributed by atoms with Crippen LogP contribution in [0.4, 0.5) is 5.82 Å². The Kier molecular flexibility index (Phi) is 3.99. The molecule has 0 radical (unpaired) electrons. The van der Waals surface area contributed by atoms with E-state index in [0.29, 0.717) is 11.6 Å². The topological polar surface area (TPSA) is 75.7 Å².